The number of amides is 1. The quantitative estimate of drug-likeness (QED) is 0.763. The highest BCUT2D eigenvalue weighted by Crippen LogP contribution is 2.21. The van der Waals surface area contributed by atoms with Crippen LogP contribution in [0.2, 0.25) is 0 Å². The van der Waals surface area contributed by atoms with Gasteiger partial charge in [0.2, 0.25) is 0 Å². The molecule has 26 heavy (non-hydrogen) atoms. The standard InChI is InChI=1S/C20H28N4O2/c1-15(2)14-26-18-13-24(17-6-4-3-5-7-17)23-19(18)20(25)22-11-9-16-8-10-21-12-16/h3-7,13,15-16,21H,8-12,14H2,1-2H3,(H,22,25). The van der Waals surface area contributed by atoms with Crippen LogP contribution in [0.25, 0.3) is 5.69 Å². The number of nitrogens with one attached hydrogen (secondary N) is 2. The number of benzene rings is 1. The molecule has 1 amide bonds. The Morgan fingerprint density at radius 2 is 2.19 bits per heavy atom. The fourth-order valence-electron chi connectivity index (χ4n) is 3.02. The first kappa shape index (κ1) is 18.5. The number of aromatic nitrogens is 2. The van der Waals surface area contributed by atoms with E-state index < -0.39 is 0 Å². The summed E-state index contributed by atoms with van der Waals surface area (Å²) < 4.78 is 7.55. The molecule has 2 N–H and O–H groups in total. The maximum atomic E-state index is 12.6. The van der Waals surface area contributed by atoms with Gasteiger partial charge in [0.25, 0.3) is 5.91 Å². The zero-order chi connectivity index (χ0) is 18.4. The van der Waals surface area contributed by atoms with Gasteiger partial charge in [-0.05, 0) is 49.9 Å². The van der Waals surface area contributed by atoms with E-state index in [-0.39, 0.29) is 5.91 Å². The third-order valence-corrected chi connectivity index (χ3v) is 4.49. The maximum Gasteiger partial charge on any atom is 0.275 e. The number of nitrogens with zero attached hydrogens (tertiary/aromatic N) is 2. The Kier molecular flexibility index (Phi) is 6.28. The predicted octanol–water partition coefficient (Wildman–Crippen LogP) is 2.64. The highest BCUT2D eigenvalue weighted by molar-refractivity contribution is 5.94. The Labute approximate surface area is 154 Å². The third kappa shape index (κ3) is 4.85. The summed E-state index contributed by atoms with van der Waals surface area (Å²) in [5.74, 6) is 1.38. The molecule has 0 aliphatic carbocycles. The van der Waals surface area contributed by atoms with Gasteiger partial charge in [-0.2, -0.15) is 5.10 Å². The molecular formula is C20H28N4O2. The molecule has 1 aliphatic rings. The van der Waals surface area contributed by atoms with Gasteiger partial charge in [-0.15, -0.1) is 0 Å². The van der Waals surface area contributed by atoms with Gasteiger partial charge < -0.3 is 15.4 Å². The second-order valence-electron chi connectivity index (χ2n) is 7.23. The van der Waals surface area contributed by atoms with Crippen LogP contribution >= 0.6 is 0 Å². The van der Waals surface area contributed by atoms with Gasteiger partial charge in [0, 0.05) is 6.54 Å². The van der Waals surface area contributed by atoms with Crippen molar-refractivity contribution in [3.63, 3.8) is 0 Å². The molecule has 0 spiro atoms. The minimum atomic E-state index is -0.176. The van der Waals surface area contributed by atoms with Crippen molar-refractivity contribution in [2.75, 3.05) is 26.2 Å². The van der Waals surface area contributed by atoms with E-state index in [0.29, 0.717) is 36.4 Å². The lowest BCUT2D eigenvalue weighted by atomic mass is 10.1. The van der Waals surface area contributed by atoms with E-state index in [0.717, 1.165) is 25.2 Å². The van der Waals surface area contributed by atoms with E-state index in [2.05, 4.69) is 29.6 Å². The number of carbonyl (C=O) groups excluding carboxylic acids is 1. The molecule has 6 heteroatoms. The molecule has 1 atom stereocenters. The van der Waals surface area contributed by atoms with Crippen LogP contribution in [0.1, 0.15) is 37.2 Å². The smallest absolute Gasteiger partial charge is 0.275 e. The van der Waals surface area contributed by atoms with E-state index in [4.69, 9.17) is 4.74 Å². The second-order valence-corrected chi connectivity index (χ2v) is 7.23. The first-order chi connectivity index (χ1) is 12.6. The molecule has 1 aliphatic heterocycles. The van der Waals surface area contributed by atoms with E-state index in [1.54, 1.807) is 10.9 Å². The third-order valence-electron chi connectivity index (χ3n) is 4.49. The molecule has 3 rings (SSSR count). The average molecular weight is 356 g/mol. The van der Waals surface area contributed by atoms with E-state index in [1.165, 1.54) is 6.42 Å². The molecule has 1 saturated heterocycles. The van der Waals surface area contributed by atoms with Crippen LogP contribution < -0.4 is 15.4 Å². The average Bonchev–Trinajstić information content (AvgIpc) is 3.30. The number of ether oxygens (including phenoxy) is 1. The topological polar surface area (TPSA) is 68.2 Å². The van der Waals surface area contributed by atoms with Crippen LogP contribution in [0.3, 0.4) is 0 Å². The van der Waals surface area contributed by atoms with Crippen molar-refractivity contribution in [2.24, 2.45) is 11.8 Å². The van der Waals surface area contributed by atoms with Crippen LogP contribution in [0, 0.1) is 11.8 Å². The summed E-state index contributed by atoms with van der Waals surface area (Å²) in [7, 11) is 0. The van der Waals surface area contributed by atoms with Crippen molar-refractivity contribution in [2.45, 2.75) is 26.7 Å². The Morgan fingerprint density at radius 1 is 1.38 bits per heavy atom. The summed E-state index contributed by atoms with van der Waals surface area (Å²) >= 11 is 0. The molecular weight excluding hydrogens is 328 g/mol. The van der Waals surface area contributed by atoms with Crippen LogP contribution in [0.15, 0.2) is 36.5 Å². The summed E-state index contributed by atoms with van der Waals surface area (Å²) in [6, 6.07) is 9.75. The Hall–Kier alpha value is -2.34. The molecule has 2 heterocycles. The van der Waals surface area contributed by atoms with Gasteiger partial charge in [0.15, 0.2) is 11.4 Å². The number of hydrogen-bond acceptors (Lipinski definition) is 4. The summed E-state index contributed by atoms with van der Waals surface area (Å²) in [6.07, 6.45) is 3.95. The van der Waals surface area contributed by atoms with Gasteiger partial charge in [0.05, 0.1) is 18.5 Å². The zero-order valence-electron chi connectivity index (χ0n) is 15.6. The second kappa shape index (κ2) is 8.85. The summed E-state index contributed by atoms with van der Waals surface area (Å²) in [5, 5.41) is 10.8. The highest BCUT2D eigenvalue weighted by atomic mass is 16.5. The molecule has 1 unspecified atom stereocenters. The first-order valence-electron chi connectivity index (χ1n) is 9.40. The van der Waals surface area contributed by atoms with Crippen LogP contribution in [0.4, 0.5) is 0 Å². The van der Waals surface area contributed by atoms with Gasteiger partial charge in [0.1, 0.15) is 0 Å². The number of para-hydroxylation sites is 1. The maximum absolute atomic E-state index is 12.6. The lowest BCUT2D eigenvalue weighted by Gasteiger charge is -2.10. The summed E-state index contributed by atoms with van der Waals surface area (Å²) in [6.45, 7) is 7.49. The van der Waals surface area contributed by atoms with Crippen LogP contribution in [-0.4, -0.2) is 41.9 Å². The normalized spacial score (nSPS) is 16.8. The van der Waals surface area contributed by atoms with Gasteiger partial charge in [-0.3, -0.25) is 4.79 Å². The Balaban J connectivity index is 1.70. The van der Waals surface area contributed by atoms with Gasteiger partial charge in [-0.1, -0.05) is 32.0 Å². The van der Waals surface area contributed by atoms with Crippen molar-refractivity contribution >= 4 is 5.91 Å². The lowest BCUT2D eigenvalue weighted by Crippen LogP contribution is -2.27. The fraction of sp³-hybridized carbons (Fsp3) is 0.500. The minimum absolute atomic E-state index is 0.176. The molecule has 0 saturated carbocycles. The largest absolute Gasteiger partial charge is 0.489 e. The number of carbonyl (C=O) groups is 1. The van der Waals surface area contributed by atoms with E-state index in [9.17, 15) is 4.79 Å². The number of rotatable bonds is 8. The molecule has 1 aromatic carbocycles. The minimum Gasteiger partial charge on any atom is -0.489 e. The Morgan fingerprint density at radius 3 is 2.88 bits per heavy atom. The molecule has 6 nitrogen and oxygen atoms in total. The predicted molar refractivity (Wildman–Crippen MR) is 102 cm³/mol. The van der Waals surface area contributed by atoms with Crippen molar-refractivity contribution in [1.29, 1.82) is 0 Å². The first-order valence-corrected chi connectivity index (χ1v) is 9.40. The lowest BCUT2D eigenvalue weighted by molar-refractivity contribution is 0.0941. The summed E-state index contributed by atoms with van der Waals surface area (Å²) in [4.78, 5) is 12.6. The molecule has 2 aromatic rings. The zero-order valence-corrected chi connectivity index (χ0v) is 15.6. The summed E-state index contributed by atoms with van der Waals surface area (Å²) in [5.41, 5.74) is 1.25. The molecule has 0 radical (unpaired) electrons. The van der Waals surface area contributed by atoms with Crippen molar-refractivity contribution in [1.82, 2.24) is 20.4 Å². The van der Waals surface area contributed by atoms with Crippen molar-refractivity contribution in [3.05, 3.63) is 42.2 Å². The van der Waals surface area contributed by atoms with Crippen LogP contribution in [-0.2, 0) is 0 Å². The molecule has 140 valence electrons. The SMILES string of the molecule is CC(C)COc1cn(-c2ccccc2)nc1C(=O)NCCC1CCNC1. The molecule has 0 bridgehead atoms. The van der Waals surface area contributed by atoms with E-state index >= 15 is 0 Å². The number of hydrogen-bond donors (Lipinski definition) is 2. The van der Waals surface area contributed by atoms with Gasteiger partial charge in [-0.25, -0.2) is 4.68 Å². The fourth-order valence-corrected chi connectivity index (χ4v) is 3.02. The molecule has 1 aromatic heterocycles. The highest BCUT2D eigenvalue weighted by Gasteiger charge is 2.20. The van der Waals surface area contributed by atoms with E-state index in [1.807, 2.05) is 30.3 Å². The molecule has 1 fully saturated rings. The Bertz CT molecular complexity index is 706. The van der Waals surface area contributed by atoms with Crippen LogP contribution in [0.5, 0.6) is 5.75 Å². The monoisotopic (exact) mass is 356 g/mol. The van der Waals surface area contributed by atoms with Gasteiger partial charge >= 0.3 is 0 Å². The van der Waals surface area contributed by atoms with Crippen molar-refractivity contribution in [3.8, 4) is 11.4 Å². The van der Waals surface area contributed by atoms with Crippen molar-refractivity contribution < 1.29 is 9.53 Å².